The summed E-state index contributed by atoms with van der Waals surface area (Å²) >= 11 is 0. The number of aliphatic hydroxyl groups is 1. The molecule has 0 aliphatic carbocycles. The standard InChI is InChI=1S/C28H41N3O4/c1-4-16-31(17-5-2)28(34)23-14-9-13-22(27(29)33)26(23)24(19-21-11-7-6-8-12-21)25(32)20-30-15-10-18-35-3/h6-9,11-14,24-25,30,32H,4-5,10,15-20H2,1-3H3,(H2,29,33)/t24-,25?/m1/s1. The summed E-state index contributed by atoms with van der Waals surface area (Å²) in [4.78, 5) is 28.0. The van der Waals surface area contributed by atoms with Crippen molar-refractivity contribution in [2.24, 2.45) is 5.73 Å². The van der Waals surface area contributed by atoms with E-state index in [0.717, 1.165) is 24.8 Å². The Bertz CT molecular complexity index is 914. The van der Waals surface area contributed by atoms with E-state index in [2.05, 4.69) is 5.32 Å². The van der Waals surface area contributed by atoms with Crippen molar-refractivity contribution < 1.29 is 19.4 Å². The van der Waals surface area contributed by atoms with Crippen molar-refractivity contribution >= 4 is 11.8 Å². The molecule has 4 N–H and O–H groups in total. The van der Waals surface area contributed by atoms with E-state index >= 15 is 0 Å². The lowest BCUT2D eigenvalue weighted by molar-refractivity contribution is 0.0751. The lowest BCUT2D eigenvalue weighted by Gasteiger charge is -2.29. The van der Waals surface area contributed by atoms with E-state index in [1.54, 1.807) is 25.3 Å². The van der Waals surface area contributed by atoms with Gasteiger partial charge >= 0.3 is 0 Å². The summed E-state index contributed by atoms with van der Waals surface area (Å²) in [5, 5.41) is 14.6. The molecule has 0 heterocycles. The Labute approximate surface area is 209 Å². The number of methoxy groups -OCH3 is 1. The van der Waals surface area contributed by atoms with Gasteiger partial charge in [0.15, 0.2) is 0 Å². The Morgan fingerprint density at radius 1 is 1.03 bits per heavy atom. The maximum Gasteiger partial charge on any atom is 0.254 e. The minimum atomic E-state index is -0.837. The van der Waals surface area contributed by atoms with Crippen LogP contribution in [0.15, 0.2) is 48.5 Å². The maximum atomic E-state index is 13.7. The van der Waals surface area contributed by atoms with E-state index in [-0.39, 0.29) is 11.5 Å². The molecule has 192 valence electrons. The molecule has 2 aromatic rings. The zero-order valence-corrected chi connectivity index (χ0v) is 21.3. The molecule has 2 amide bonds. The van der Waals surface area contributed by atoms with Crippen LogP contribution in [0, 0.1) is 0 Å². The minimum Gasteiger partial charge on any atom is -0.391 e. The summed E-state index contributed by atoms with van der Waals surface area (Å²) in [5.74, 6) is -1.24. The molecule has 0 fully saturated rings. The van der Waals surface area contributed by atoms with Gasteiger partial charge in [-0.3, -0.25) is 9.59 Å². The van der Waals surface area contributed by atoms with Crippen LogP contribution in [-0.4, -0.2) is 67.8 Å². The highest BCUT2D eigenvalue weighted by atomic mass is 16.5. The highest BCUT2D eigenvalue weighted by Gasteiger charge is 2.31. The average Bonchev–Trinajstić information content (AvgIpc) is 2.86. The SMILES string of the molecule is CCCN(CCC)C(=O)c1cccc(C(N)=O)c1[C@H](Cc1ccccc1)C(O)CNCCCOC. The first kappa shape index (κ1) is 28.5. The van der Waals surface area contributed by atoms with Gasteiger partial charge < -0.3 is 25.8 Å². The number of aliphatic hydroxyl groups excluding tert-OH is 1. The van der Waals surface area contributed by atoms with E-state index < -0.39 is 17.9 Å². The highest BCUT2D eigenvalue weighted by Crippen LogP contribution is 2.32. The average molecular weight is 484 g/mol. The molecule has 35 heavy (non-hydrogen) atoms. The van der Waals surface area contributed by atoms with Gasteiger partial charge in [-0.05, 0) is 55.5 Å². The van der Waals surface area contributed by atoms with Crippen LogP contribution in [0.2, 0.25) is 0 Å². The number of hydrogen-bond acceptors (Lipinski definition) is 5. The van der Waals surface area contributed by atoms with Gasteiger partial charge in [0.1, 0.15) is 0 Å². The van der Waals surface area contributed by atoms with Gasteiger partial charge in [0.05, 0.1) is 6.10 Å². The number of nitrogens with one attached hydrogen (secondary N) is 1. The molecule has 0 aliphatic heterocycles. The number of carbonyl (C=O) groups is 2. The van der Waals surface area contributed by atoms with Gasteiger partial charge in [0.2, 0.25) is 5.91 Å². The van der Waals surface area contributed by atoms with Gasteiger partial charge in [-0.25, -0.2) is 0 Å². The minimum absolute atomic E-state index is 0.134. The number of amides is 2. The molecule has 7 heteroatoms. The second kappa shape index (κ2) is 15.3. The number of hydrogen-bond donors (Lipinski definition) is 3. The number of primary amides is 1. The molecule has 0 aliphatic rings. The number of nitrogens with two attached hydrogens (primary N) is 1. The Hall–Kier alpha value is -2.74. The third-order valence-corrected chi connectivity index (χ3v) is 6.07. The van der Waals surface area contributed by atoms with Crippen molar-refractivity contribution in [3.63, 3.8) is 0 Å². The number of benzene rings is 2. The van der Waals surface area contributed by atoms with Gasteiger partial charge in [0, 0.05) is 50.4 Å². The van der Waals surface area contributed by atoms with E-state index in [9.17, 15) is 14.7 Å². The molecular weight excluding hydrogens is 442 g/mol. The van der Waals surface area contributed by atoms with Crippen molar-refractivity contribution in [2.45, 2.75) is 51.6 Å². The first-order valence-electron chi connectivity index (χ1n) is 12.6. The van der Waals surface area contributed by atoms with Crippen molar-refractivity contribution in [3.05, 3.63) is 70.8 Å². The number of rotatable bonds is 16. The quantitative estimate of drug-likeness (QED) is 0.318. The van der Waals surface area contributed by atoms with E-state index in [1.807, 2.05) is 49.1 Å². The van der Waals surface area contributed by atoms with Crippen molar-refractivity contribution in [1.29, 1.82) is 0 Å². The number of ether oxygens (including phenoxy) is 1. The summed E-state index contributed by atoms with van der Waals surface area (Å²) in [6.07, 6.45) is 2.11. The molecule has 2 atom stereocenters. The predicted molar refractivity (Wildman–Crippen MR) is 140 cm³/mol. The molecular formula is C28H41N3O4. The third kappa shape index (κ3) is 8.46. The molecule has 7 nitrogen and oxygen atoms in total. The highest BCUT2D eigenvalue weighted by molar-refractivity contribution is 6.02. The smallest absolute Gasteiger partial charge is 0.254 e. The summed E-state index contributed by atoms with van der Waals surface area (Å²) in [6.45, 7) is 6.95. The van der Waals surface area contributed by atoms with E-state index in [4.69, 9.17) is 10.5 Å². The van der Waals surface area contributed by atoms with E-state index in [1.165, 1.54) is 0 Å². The third-order valence-electron chi connectivity index (χ3n) is 6.07. The zero-order chi connectivity index (χ0) is 25.6. The molecule has 1 unspecified atom stereocenters. The topological polar surface area (TPSA) is 105 Å². The van der Waals surface area contributed by atoms with Crippen LogP contribution >= 0.6 is 0 Å². The van der Waals surface area contributed by atoms with Crippen LogP contribution in [0.4, 0.5) is 0 Å². The molecule has 0 radical (unpaired) electrons. The Morgan fingerprint density at radius 3 is 2.29 bits per heavy atom. The van der Waals surface area contributed by atoms with Crippen LogP contribution in [0.3, 0.4) is 0 Å². The first-order valence-corrected chi connectivity index (χ1v) is 12.6. The van der Waals surface area contributed by atoms with Crippen LogP contribution in [-0.2, 0) is 11.2 Å². The van der Waals surface area contributed by atoms with Crippen LogP contribution in [0.5, 0.6) is 0 Å². The molecule has 2 aromatic carbocycles. The lowest BCUT2D eigenvalue weighted by Crippen LogP contribution is -2.38. The molecule has 0 spiro atoms. The molecule has 0 saturated heterocycles. The monoisotopic (exact) mass is 483 g/mol. The summed E-state index contributed by atoms with van der Waals surface area (Å²) in [6, 6.07) is 14.9. The molecule has 2 rings (SSSR count). The van der Waals surface area contributed by atoms with Crippen molar-refractivity contribution in [3.8, 4) is 0 Å². The second-order valence-electron chi connectivity index (χ2n) is 8.84. The van der Waals surface area contributed by atoms with Gasteiger partial charge in [-0.2, -0.15) is 0 Å². The molecule has 0 aromatic heterocycles. The Morgan fingerprint density at radius 2 is 1.69 bits per heavy atom. The number of carbonyl (C=O) groups excluding carboxylic acids is 2. The van der Waals surface area contributed by atoms with Crippen LogP contribution < -0.4 is 11.1 Å². The predicted octanol–water partition coefficient (Wildman–Crippen LogP) is 3.36. The summed E-state index contributed by atoms with van der Waals surface area (Å²) in [7, 11) is 1.66. The fourth-order valence-corrected chi connectivity index (χ4v) is 4.42. The van der Waals surface area contributed by atoms with Gasteiger partial charge in [0.25, 0.3) is 5.91 Å². The maximum absolute atomic E-state index is 13.7. The first-order chi connectivity index (χ1) is 16.9. The summed E-state index contributed by atoms with van der Waals surface area (Å²) in [5.41, 5.74) is 8.03. The second-order valence-corrected chi connectivity index (χ2v) is 8.84. The Balaban J connectivity index is 2.52. The van der Waals surface area contributed by atoms with Crippen LogP contribution in [0.25, 0.3) is 0 Å². The van der Waals surface area contributed by atoms with Crippen molar-refractivity contribution in [2.75, 3.05) is 39.9 Å². The van der Waals surface area contributed by atoms with Crippen molar-refractivity contribution in [1.82, 2.24) is 10.2 Å². The normalized spacial score (nSPS) is 12.8. The zero-order valence-electron chi connectivity index (χ0n) is 21.3. The van der Waals surface area contributed by atoms with Gasteiger partial charge in [-0.1, -0.05) is 50.2 Å². The molecule has 0 bridgehead atoms. The fraction of sp³-hybridized carbons (Fsp3) is 0.500. The largest absolute Gasteiger partial charge is 0.391 e. The van der Waals surface area contributed by atoms with Gasteiger partial charge in [-0.15, -0.1) is 0 Å². The number of nitrogens with zero attached hydrogens (tertiary/aromatic N) is 1. The van der Waals surface area contributed by atoms with Crippen LogP contribution in [0.1, 0.15) is 70.9 Å². The molecule has 0 saturated carbocycles. The Kier molecular flexibility index (Phi) is 12.5. The fourth-order valence-electron chi connectivity index (χ4n) is 4.42. The van der Waals surface area contributed by atoms with E-state index in [0.29, 0.717) is 50.3 Å². The summed E-state index contributed by atoms with van der Waals surface area (Å²) < 4.78 is 5.09. The lowest BCUT2D eigenvalue weighted by atomic mass is 9.81.